The average molecular weight is 274 g/mol. The minimum atomic E-state index is 0.112. The number of aryl methyl sites for hydroxylation is 1. The summed E-state index contributed by atoms with van der Waals surface area (Å²) in [6.45, 7) is 1.95. The zero-order valence-electron chi connectivity index (χ0n) is 10.4. The van der Waals surface area contributed by atoms with E-state index in [1.54, 1.807) is 12.4 Å². The van der Waals surface area contributed by atoms with E-state index in [0.29, 0.717) is 10.9 Å². The van der Waals surface area contributed by atoms with Crippen molar-refractivity contribution >= 4 is 17.6 Å². The van der Waals surface area contributed by atoms with Crippen LogP contribution in [-0.4, -0.2) is 21.0 Å². The SMILES string of the molecule is Cc1cnc(SCc2ccccc2/C(N)=N/O)nc1. The standard InChI is InChI=1S/C13H14N4OS/c1-9-6-15-13(16-7-9)19-8-10-4-2-3-5-11(10)12(14)17-18/h2-7,18H,8H2,1H3,(H2,14,17). The van der Waals surface area contributed by atoms with Crippen LogP contribution in [-0.2, 0) is 5.75 Å². The molecule has 3 N–H and O–H groups in total. The third kappa shape index (κ3) is 3.45. The normalized spacial score (nSPS) is 11.5. The van der Waals surface area contributed by atoms with Gasteiger partial charge in [0.2, 0.25) is 0 Å². The van der Waals surface area contributed by atoms with Gasteiger partial charge < -0.3 is 10.9 Å². The van der Waals surface area contributed by atoms with Crippen LogP contribution in [0.15, 0.2) is 47.0 Å². The van der Waals surface area contributed by atoms with E-state index in [1.165, 1.54) is 11.8 Å². The van der Waals surface area contributed by atoms with Crippen LogP contribution in [0.1, 0.15) is 16.7 Å². The summed E-state index contributed by atoms with van der Waals surface area (Å²) in [5.74, 6) is 0.774. The fourth-order valence-electron chi connectivity index (χ4n) is 1.55. The van der Waals surface area contributed by atoms with Crippen molar-refractivity contribution in [3.05, 3.63) is 53.3 Å². The van der Waals surface area contributed by atoms with Crippen molar-refractivity contribution in [2.24, 2.45) is 10.9 Å². The lowest BCUT2D eigenvalue weighted by Gasteiger charge is -2.07. The van der Waals surface area contributed by atoms with E-state index in [1.807, 2.05) is 31.2 Å². The molecule has 0 atom stereocenters. The number of aromatic nitrogens is 2. The lowest BCUT2D eigenvalue weighted by atomic mass is 10.1. The van der Waals surface area contributed by atoms with E-state index in [4.69, 9.17) is 10.9 Å². The fraction of sp³-hybridized carbons (Fsp3) is 0.154. The fourth-order valence-corrected chi connectivity index (χ4v) is 2.34. The van der Waals surface area contributed by atoms with Gasteiger partial charge in [0, 0.05) is 23.7 Å². The highest BCUT2D eigenvalue weighted by atomic mass is 32.2. The summed E-state index contributed by atoms with van der Waals surface area (Å²) < 4.78 is 0. The maximum Gasteiger partial charge on any atom is 0.187 e. The number of benzene rings is 1. The van der Waals surface area contributed by atoms with Crippen LogP contribution in [0.5, 0.6) is 0 Å². The van der Waals surface area contributed by atoms with Gasteiger partial charge >= 0.3 is 0 Å². The molecular weight excluding hydrogens is 260 g/mol. The van der Waals surface area contributed by atoms with Gasteiger partial charge in [0.05, 0.1) is 0 Å². The molecule has 0 unspecified atom stereocenters. The Hall–Kier alpha value is -2.08. The van der Waals surface area contributed by atoms with Crippen LogP contribution >= 0.6 is 11.8 Å². The minimum Gasteiger partial charge on any atom is -0.409 e. The molecule has 1 aromatic heterocycles. The molecule has 0 radical (unpaired) electrons. The van der Waals surface area contributed by atoms with E-state index in [9.17, 15) is 0 Å². The highest BCUT2D eigenvalue weighted by molar-refractivity contribution is 7.98. The zero-order valence-corrected chi connectivity index (χ0v) is 11.3. The van der Waals surface area contributed by atoms with Gasteiger partial charge in [-0.25, -0.2) is 9.97 Å². The maximum atomic E-state index is 8.76. The Morgan fingerprint density at radius 3 is 2.68 bits per heavy atom. The van der Waals surface area contributed by atoms with E-state index in [2.05, 4.69) is 15.1 Å². The molecule has 0 amide bonds. The molecule has 6 heteroatoms. The second-order valence-electron chi connectivity index (χ2n) is 3.97. The predicted octanol–water partition coefficient (Wildman–Crippen LogP) is 2.17. The third-order valence-electron chi connectivity index (χ3n) is 2.52. The summed E-state index contributed by atoms with van der Waals surface area (Å²) in [6.07, 6.45) is 3.57. The van der Waals surface area contributed by atoms with E-state index in [0.717, 1.165) is 16.7 Å². The number of amidine groups is 1. The number of nitrogens with two attached hydrogens (primary N) is 1. The van der Waals surface area contributed by atoms with Gasteiger partial charge in [-0.15, -0.1) is 0 Å². The molecular formula is C13H14N4OS. The number of hydrogen-bond donors (Lipinski definition) is 2. The highest BCUT2D eigenvalue weighted by Crippen LogP contribution is 2.21. The first-order chi connectivity index (χ1) is 9.20. The van der Waals surface area contributed by atoms with Crippen LogP contribution in [0.2, 0.25) is 0 Å². The Kier molecular flexibility index (Phi) is 4.35. The summed E-state index contributed by atoms with van der Waals surface area (Å²) in [6, 6.07) is 7.53. The van der Waals surface area contributed by atoms with Gasteiger partial charge in [-0.1, -0.05) is 41.2 Å². The van der Waals surface area contributed by atoms with Crippen molar-refractivity contribution in [2.45, 2.75) is 17.8 Å². The zero-order chi connectivity index (χ0) is 13.7. The highest BCUT2D eigenvalue weighted by Gasteiger charge is 2.07. The molecule has 0 saturated heterocycles. The Labute approximate surface area is 115 Å². The number of nitrogens with zero attached hydrogens (tertiary/aromatic N) is 3. The Bertz CT molecular complexity index is 583. The van der Waals surface area contributed by atoms with Gasteiger partial charge in [0.15, 0.2) is 11.0 Å². The Morgan fingerprint density at radius 1 is 1.32 bits per heavy atom. The Balaban J connectivity index is 2.13. The molecule has 2 rings (SSSR count). The molecule has 19 heavy (non-hydrogen) atoms. The molecule has 98 valence electrons. The van der Waals surface area contributed by atoms with Gasteiger partial charge in [0.25, 0.3) is 0 Å². The monoisotopic (exact) mass is 274 g/mol. The molecule has 0 fully saturated rings. The quantitative estimate of drug-likeness (QED) is 0.223. The smallest absolute Gasteiger partial charge is 0.187 e. The summed E-state index contributed by atoms with van der Waals surface area (Å²) in [4.78, 5) is 8.46. The predicted molar refractivity (Wildman–Crippen MR) is 75.3 cm³/mol. The first kappa shape index (κ1) is 13.4. The van der Waals surface area contributed by atoms with Crippen molar-refractivity contribution < 1.29 is 5.21 Å². The van der Waals surface area contributed by atoms with Crippen LogP contribution in [0.3, 0.4) is 0 Å². The minimum absolute atomic E-state index is 0.112. The molecule has 0 aliphatic carbocycles. The summed E-state index contributed by atoms with van der Waals surface area (Å²) in [7, 11) is 0. The molecule has 2 aromatic rings. The van der Waals surface area contributed by atoms with Crippen molar-refractivity contribution in [2.75, 3.05) is 0 Å². The molecule has 0 aliphatic heterocycles. The first-order valence-electron chi connectivity index (χ1n) is 5.68. The topological polar surface area (TPSA) is 84.4 Å². The van der Waals surface area contributed by atoms with Crippen LogP contribution in [0.25, 0.3) is 0 Å². The number of thioether (sulfide) groups is 1. The number of hydrogen-bond acceptors (Lipinski definition) is 5. The van der Waals surface area contributed by atoms with Crippen LogP contribution in [0, 0.1) is 6.92 Å². The molecule has 5 nitrogen and oxygen atoms in total. The average Bonchev–Trinajstić information content (AvgIpc) is 2.46. The lowest BCUT2D eigenvalue weighted by Crippen LogP contribution is -2.15. The molecule has 0 spiro atoms. The molecule has 1 heterocycles. The molecule has 1 aromatic carbocycles. The van der Waals surface area contributed by atoms with E-state index < -0.39 is 0 Å². The van der Waals surface area contributed by atoms with Gasteiger partial charge in [-0.3, -0.25) is 0 Å². The second kappa shape index (κ2) is 6.19. The lowest BCUT2D eigenvalue weighted by molar-refractivity contribution is 0.318. The van der Waals surface area contributed by atoms with Gasteiger partial charge in [0.1, 0.15) is 0 Å². The van der Waals surface area contributed by atoms with Crippen LogP contribution < -0.4 is 5.73 Å². The summed E-state index contributed by atoms with van der Waals surface area (Å²) >= 11 is 1.51. The number of oxime groups is 1. The maximum absolute atomic E-state index is 8.76. The third-order valence-corrected chi connectivity index (χ3v) is 3.44. The van der Waals surface area contributed by atoms with Gasteiger partial charge in [-0.05, 0) is 18.1 Å². The number of rotatable bonds is 4. The summed E-state index contributed by atoms with van der Waals surface area (Å²) in [5.41, 5.74) is 8.38. The second-order valence-corrected chi connectivity index (χ2v) is 4.92. The Morgan fingerprint density at radius 2 is 2.00 bits per heavy atom. The van der Waals surface area contributed by atoms with Crippen LogP contribution in [0.4, 0.5) is 0 Å². The van der Waals surface area contributed by atoms with Gasteiger partial charge in [-0.2, -0.15) is 0 Å². The first-order valence-corrected chi connectivity index (χ1v) is 6.66. The van der Waals surface area contributed by atoms with Crippen molar-refractivity contribution in [1.82, 2.24) is 9.97 Å². The molecule has 0 aliphatic rings. The van der Waals surface area contributed by atoms with Crippen molar-refractivity contribution in [3.8, 4) is 0 Å². The summed E-state index contributed by atoms with van der Waals surface area (Å²) in [5, 5.41) is 12.5. The molecule has 0 bridgehead atoms. The van der Waals surface area contributed by atoms with Crippen molar-refractivity contribution in [3.63, 3.8) is 0 Å². The van der Waals surface area contributed by atoms with E-state index >= 15 is 0 Å². The molecule has 0 saturated carbocycles. The van der Waals surface area contributed by atoms with E-state index in [-0.39, 0.29) is 5.84 Å². The van der Waals surface area contributed by atoms with Crippen molar-refractivity contribution in [1.29, 1.82) is 0 Å². The largest absolute Gasteiger partial charge is 0.409 e.